The molecule has 1 N–H and O–H groups in total. The molecule has 5 rings (SSSR count). The summed E-state index contributed by atoms with van der Waals surface area (Å²) in [4.78, 5) is 2.64. The van der Waals surface area contributed by atoms with Crippen LogP contribution in [0.3, 0.4) is 0 Å². The number of nitrogens with zero attached hydrogens (tertiary/aromatic N) is 1. The molecule has 2 aromatic rings. The van der Waals surface area contributed by atoms with Crippen LogP contribution in [0.4, 0.5) is 5.69 Å². The topological polar surface area (TPSA) is 24.5 Å². The van der Waals surface area contributed by atoms with E-state index in [1.54, 1.807) is 0 Å². The molecule has 2 atom stereocenters. The minimum atomic E-state index is 0.596. The van der Waals surface area contributed by atoms with Gasteiger partial charge in [0.25, 0.3) is 0 Å². The molecule has 0 spiro atoms. The maximum atomic E-state index is 6.19. The third-order valence-electron chi connectivity index (χ3n) is 5.89. The molecule has 1 saturated heterocycles. The highest BCUT2D eigenvalue weighted by Crippen LogP contribution is 2.51. The van der Waals surface area contributed by atoms with E-state index in [0.717, 1.165) is 38.4 Å². The molecule has 3 aliphatic heterocycles. The average molecular weight is 320 g/mol. The molecule has 3 heterocycles. The predicted octanol–water partition coefficient (Wildman–Crippen LogP) is 3.71. The van der Waals surface area contributed by atoms with E-state index in [4.69, 9.17) is 4.74 Å². The summed E-state index contributed by atoms with van der Waals surface area (Å²) in [6.07, 6.45) is 2.35. The fraction of sp³-hybridized carbons (Fsp3) is 0.429. The Hall–Kier alpha value is -2.00. The molecule has 0 unspecified atom stereocenters. The number of benzene rings is 2. The summed E-state index contributed by atoms with van der Waals surface area (Å²) < 4.78 is 6.19. The lowest BCUT2D eigenvalue weighted by Gasteiger charge is -2.33. The Morgan fingerprint density at radius 1 is 1.21 bits per heavy atom. The Kier molecular flexibility index (Phi) is 3.30. The number of aryl methyl sites for hydroxylation is 1. The van der Waals surface area contributed by atoms with Gasteiger partial charge in [0.2, 0.25) is 0 Å². The molecule has 3 nitrogen and oxygen atoms in total. The number of nitrogens with one attached hydrogen (secondary N) is 1. The highest BCUT2D eigenvalue weighted by molar-refractivity contribution is 5.79. The largest absolute Gasteiger partial charge is 0.491 e. The monoisotopic (exact) mass is 320 g/mol. The van der Waals surface area contributed by atoms with Crippen molar-refractivity contribution in [3.8, 4) is 16.9 Å². The number of fused-ring (bicyclic) bond motifs is 3. The van der Waals surface area contributed by atoms with E-state index >= 15 is 0 Å². The molecule has 0 bridgehead atoms. The van der Waals surface area contributed by atoms with Crippen LogP contribution < -0.4 is 15.0 Å². The zero-order valence-electron chi connectivity index (χ0n) is 14.2. The van der Waals surface area contributed by atoms with Crippen LogP contribution in [0.1, 0.15) is 29.9 Å². The summed E-state index contributed by atoms with van der Waals surface area (Å²) >= 11 is 0. The van der Waals surface area contributed by atoms with Crippen LogP contribution in [-0.2, 0) is 0 Å². The zero-order chi connectivity index (χ0) is 16.1. The number of piperidine rings is 1. The van der Waals surface area contributed by atoms with Gasteiger partial charge in [0.1, 0.15) is 5.75 Å². The second-order valence-electron chi connectivity index (χ2n) is 7.29. The fourth-order valence-electron chi connectivity index (χ4n) is 4.78. The number of hydrogen-bond donors (Lipinski definition) is 1. The van der Waals surface area contributed by atoms with Crippen molar-refractivity contribution < 1.29 is 4.74 Å². The molecule has 124 valence electrons. The lowest BCUT2D eigenvalue weighted by atomic mass is 9.88. The lowest BCUT2D eigenvalue weighted by Crippen LogP contribution is -2.44. The van der Waals surface area contributed by atoms with Crippen molar-refractivity contribution in [2.24, 2.45) is 0 Å². The Labute approximate surface area is 143 Å². The van der Waals surface area contributed by atoms with E-state index in [0.29, 0.717) is 12.0 Å². The lowest BCUT2D eigenvalue weighted by molar-refractivity contribution is 0.319. The van der Waals surface area contributed by atoms with Crippen LogP contribution in [0, 0.1) is 6.92 Å². The van der Waals surface area contributed by atoms with Gasteiger partial charge in [0.05, 0.1) is 12.3 Å². The summed E-state index contributed by atoms with van der Waals surface area (Å²) in [6.45, 7) is 6.37. The van der Waals surface area contributed by atoms with Gasteiger partial charge in [0.15, 0.2) is 0 Å². The Morgan fingerprint density at radius 3 is 3.04 bits per heavy atom. The van der Waals surface area contributed by atoms with Gasteiger partial charge in [-0.05, 0) is 60.7 Å². The number of rotatable bonds is 1. The molecule has 0 amide bonds. The summed E-state index contributed by atoms with van der Waals surface area (Å²) in [5.74, 6) is 1.69. The van der Waals surface area contributed by atoms with Crippen LogP contribution in [0.2, 0.25) is 0 Å². The normalized spacial score (nSPS) is 24.8. The standard InChI is InChI=1S/C21H24N2O/c1-14-5-2-3-6-16(14)15-11-17-18-13-22-8-7-19(18)23-9-4-10-24-20(12-15)21(17)23/h2-3,5-6,11-12,18-19,22H,4,7-10,13H2,1H3/t18-,19-/m0/s1. The van der Waals surface area contributed by atoms with Crippen LogP contribution in [0.25, 0.3) is 11.1 Å². The molecule has 24 heavy (non-hydrogen) atoms. The van der Waals surface area contributed by atoms with Gasteiger partial charge in [-0.15, -0.1) is 0 Å². The van der Waals surface area contributed by atoms with E-state index in [-0.39, 0.29) is 0 Å². The van der Waals surface area contributed by atoms with E-state index < -0.39 is 0 Å². The molecule has 0 aliphatic carbocycles. The van der Waals surface area contributed by atoms with Gasteiger partial charge in [0, 0.05) is 25.0 Å². The maximum absolute atomic E-state index is 6.19. The third-order valence-corrected chi connectivity index (χ3v) is 5.89. The van der Waals surface area contributed by atoms with E-state index in [2.05, 4.69) is 53.5 Å². The quantitative estimate of drug-likeness (QED) is 0.867. The van der Waals surface area contributed by atoms with Crippen LogP contribution in [-0.4, -0.2) is 32.3 Å². The molecule has 3 heteroatoms. The first-order valence-corrected chi connectivity index (χ1v) is 9.17. The van der Waals surface area contributed by atoms with Gasteiger partial charge >= 0.3 is 0 Å². The van der Waals surface area contributed by atoms with Crippen molar-refractivity contribution in [2.75, 3.05) is 31.1 Å². The van der Waals surface area contributed by atoms with Crippen LogP contribution in [0.5, 0.6) is 5.75 Å². The van der Waals surface area contributed by atoms with Gasteiger partial charge in [-0.25, -0.2) is 0 Å². The number of anilines is 1. The summed E-state index contributed by atoms with van der Waals surface area (Å²) in [6, 6.07) is 14.0. The zero-order valence-corrected chi connectivity index (χ0v) is 14.2. The number of hydrogen-bond acceptors (Lipinski definition) is 3. The van der Waals surface area contributed by atoms with E-state index in [9.17, 15) is 0 Å². The van der Waals surface area contributed by atoms with Gasteiger partial charge in [-0.1, -0.05) is 24.3 Å². The smallest absolute Gasteiger partial charge is 0.143 e. The van der Waals surface area contributed by atoms with Crippen molar-refractivity contribution in [1.29, 1.82) is 0 Å². The average Bonchev–Trinajstić information content (AvgIpc) is 2.77. The molecule has 0 aromatic heterocycles. The van der Waals surface area contributed by atoms with Gasteiger partial charge in [-0.3, -0.25) is 0 Å². The second kappa shape index (κ2) is 5.52. The first kappa shape index (κ1) is 14.4. The molecule has 0 saturated carbocycles. The Morgan fingerprint density at radius 2 is 2.12 bits per heavy atom. The third kappa shape index (κ3) is 2.07. The summed E-state index contributed by atoms with van der Waals surface area (Å²) in [5, 5.41) is 3.60. The summed E-state index contributed by atoms with van der Waals surface area (Å²) in [5.41, 5.74) is 6.82. The highest BCUT2D eigenvalue weighted by atomic mass is 16.5. The van der Waals surface area contributed by atoms with Gasteiger partial charge < -0.3 is 15.0 Å². The Bertz CT molecular complexity index is 785. The van der Waals surface area contributed by atoms with Crippen LogP contribution >= 0.6 is 0 Å². The molecular formula is C21H24N2O. The second-order valence-corrected chi connectivity index (χ2v) is 7.29. The van der Waals surface area contributed by atoms with Crippen molar-refractivity contribution in [2.45, 2.75) is 31.7 Å². The molecule has 0 radical (unpaired) electrons. The van der Waals surface area contributed by atoms with Crippen molar-refractivity contribution >= 4 is 5.69 Å². The minimum absolute atomic E-state index is 0.596. The maximum Gasteiger partial charge on any atom is 0.143 e. The molecule has 1 fully saturated rings. The van der Waals surface area contributed by atoms with Crippen molar-refractivity contribution in [1.82, 2.24) is 5.32 Å². The van der Waals surface area contributed by atoms with Crippen molar-refractivity contribution in [3.05, 3.63) is 47.5 Å². The van der Waals surface area contributed by atoms with E-state index in [1.807, 2.05) is 0 Å². The van der Waals surface area contributed by atoms with E-state index in [1.165, 1.54) is 34.4 Å². The fourth-order valence-corrected chi connectivity index (χ4v) is 4.78. The predicted molar refractivity (Wildman–Crippen MR) is 98.1 cm³/mol. The molecule has 3 aliphatic rings. The SMILES string of the molecule is Cc1ccccc1-c1cc2c3c(c1)[C@@H]1CNCC[C@@H]1N3CCCO2. The minimum Gasteiger partial charge on any atom is -0.491 e. The highest BCUT2D eigenvalue weighted by Gasteiger charge is 2.42. The molecular weight excluding hydrogens is 296 g/mol. The first-order valence-electron chi connectivity index (χ1n) is 9.17. The summed E-state index contributed by atoms with van der Waals surface area (Å²) in [7, 11) is 0. The molecule has 2 aromatic carbocycles. The van der Waals surface area contributed by atoms with Crippen LogP contribution in [0.15, 0.2) is 36.4 Å². The Balaban J connectivity index is 1.70. The van der Waals surface area contributed by atoms with Gasteiger partial charge in [-0.2, -0.15) is 0 Å². The first-order chi connectivity index (χ1) is 11.8. The van der Waals surface area contributed by atoms with Crippen molar-refractivity contribution in [3.63, 3.8) is 0 Å². The number of ether oxygens (including phenoxy) is 1.